The van der Waals surface area contributed by atoms with Crippen molar-refractivity contribution >= 4 is 5.88 Å². The first-order chi connectivity index (χ1) is 17.6. The molecule has 36 heavy (non-hydrogen) atoms. The van der Waals surface area contributed by atoms with E-state index >= 15 is 0 Å². The van der Waals surface area contributed by atoms with E-state index in [0.29, 0.717) is 17.5 Å². The highest BCUT2D eigenvalue weighted by atomic mass is 16.5. The molecule has 1 aliphatic rings. The molecule has 6 nitrogen and oxygen atoms in total. The minimum atomic E-state index is 0.182. The molecule has 0 radical (unpaired) electrons. The van der Waals surface area contributed by atoms with Gasteiger partial charge in [-0.15, -0.1) is 0 Å². The van der Waals surface area contributed by atoms with E-state index in [2.05, 4.69) is 94.5 Å². The van der Waals surface area contributed by atoms with Gasteiger partial charge in [0.1, 0.15) is 11.8 Å². The second-order valence-electron chi connectivity index (χ2n) is 9.18. The van der Waals surface area contributed by atoms with Crippen LogP contribution in [0.2, 0.25) is 0 Å². The average molecular weight is 479 g/mol. The van der Waals surface area contributed by atoms with E-state index in [0.717, 1.165) is 37.5 Å². The number of piperazine rings is 1. The third kappa shape index (κ3) is 5.12. The van der Waals surface area contributed by atoms with Crippen molar-refractivity contribution in [1.29, 1.82) is 5.26 Å². The molecule has 2 heterocycles. The molecule has 0 bridgehead atoms. The van der Waals surface area contributed by atoms with Crippen molar-refractivity contribution in [1.82, 2.24) is 9.88 Å². The highest BCUT2D eigenvalue weighted by molar-refractivity contribution is 5.48. The summed E-state index contributed by atoms with van der Waals surface area (Å²) in [4.78, 5) is 9.02. The first-order valence-electron chi connectivity index (χ1n) is 12.3. The third-order valence-electron chi connectivity index (χ3n) is 6.64. The van der Waals surface area contributed by atoms with Crippen LogP contribution in [0.25, 0.3) is 0 Å². The zero-order valence-electron chi connectivity index (χ0n) is 20.7. The van der Waals surface area contributed by atoms with Crippen LogP contribution in [0, 0.1) is 25.2 Å². The number of hydrogen-bond acceptors (Lipinski definition) is 6. The van der Waals surface area contributed by atoms with Crippen LogP contribution in [0.3, 0.4) is 0 Å². The number of anilines is 1. The number of aryl methyl sites for hydroxylation is 2. The average Bonchev–Trinajstić information content (AvgIpc) is 3.33. The van der Waals surface area contributed by atoms with Crippen molar-refractivity contribution in [3.63, 3.8) is 0 Å². The van der Waals surface area contributed by atoms with Gasteiger partial charge in [-0.2, -0.15) is 10.2 Å². The molecule has 4 aromatic rings. The summed E-state index contributed by atoms with van der Waals surface area (Å²) < 4.78 is 12.0. The fourth-order valence-electron chi connectivity index (χ4n) is 4.87. The van der Waals surface area contributed by atoms with E-state index in [9.17, 15) is 5.26 Å². The van der Waals surface area contributed by atoms with Crippen molar-refractivity contribution in [2.24, 2.45) is 0 Å². The standard InChI is InChI=1S/C30H30N4O2/c1-22-13-14-27(23(2)19-22)35-21-28-32-26(20-31)30(36-28)34-17-15-33(16-18-34)29(24-9-5-3-6-10-24)25-11-7-4-8-12-25/h3-14,19,29H,15-18,21H2,1-2H3. The molecule has 1 aromatic heterocycles. The van der Waals surface area contributed by atoms with Crippen LogP contribution in [0.15, 0.2) is 83.3 Å². The molecule has 0 unspecified atom stereocenters. The summed E-state index contributed by atoms with van der Waals surface area (Å²) in [5.74, 6) is 1.74. The third-order valence-corrected chi connectivity index (χ3v) is 6.64. The molecule has 0 amide bonds. The highest BCUT2D eigenvalue weighted by Crippen LogP contribution is 2.31. The quantitative estimate of drug-likeness (QED) is 0.342. The lowest BCUT2D eigenvalue weighted by Gasteiger charge is -2.39. The van der Waals surface area contributed by atoms with Gasteiger partial charge < -0.3 is 14.1 Å². The van der Waals surface area contributed by atoms with Crippen LogP contribution in [0.4, 0.5) is 5.88 Å². The monoisotopic (exact) mass is 478 g/mol. The molecule has 0 aliphatic carbocycles. The Bertz CT molecular complexity index is 1300. The van der Waals surface area contributed by atoms with E-state index in [1.807, 2.05) is 19.1 Å². The highest BCUT2D eigenvalue weighted by Gasteiger charge is 2.29. The maximum Gasteiger partial charge on any atom is 0.236 e. The number of rotatable bonds is 7. The Morgan fingerprint density at radius 1 is 0.917 bits per heavy atom. The first-order valence-corrected chi connectivity index (χ1v) is 12.3. The van der Waals surface area contributed by atoms with Crippen LogP contribution >= 0.6 is 0 Å². The van der Waals surface area contributed by atoms with Crippen LogP contribution < -0.4 is 9.64 Å². The van der Waals surface area contributed by atoms with Gasteiger partial charge in [0.25, 0.3) is 0 Å². The predicted molar refractivity (Wildman–Crippen MR) is 140 cm³/mol. The van der Waals surface area contributed by atoms with Gasteiger partial charge in [0.05, 0.1) is 6.04 Å². The van der Waals surface area contributed by atoms with Gasteiger partial charge >= 0.3 is 0 Å². The Hall–Kier alpha value is -4.08. The largest absolute Gasteiger partial charge is 0.484 e. The van der Waals surface area contributed by atoms with Gasteiger partial charge in [0.2, 0.25) is 17.5 Å². The summed E-state index contributed by atoms with van der Waals surface area (Å²) in [7, 11) is 0. The molecule has 0 spiro atoms. The number of ether oxygens (including phenoxy) is 1. The van der Waals surface area contributed by atoms with Gasteiger partial charge in [-0.25, -0.2) is 0 Å². The molecule has 3 aromatic carbocycles. The molecule has 1 saturated heterocycles. The fraction of sp³-hybridized carbons (Fsp3) is 0.267. The van der Waals surface area contributed by atoms with Crippen LogP contribution in [0.5, 0.6) is 5.75 Å². The maximum absolute atomic E-state index is 9.71. The topological polar surface area (TPSA) is 65.5 Å². The summed E-state index contributed by atoms with van der Waals surface area (Å²) in [6.45, 7) is 7.43. The summed E-state index contributed by atoms with van der Waals surface area (Å²) >= 11 is 0. The van der Waals surface area contributed by atoms with Crippen molar-refractivity contribution in [3.8, 4) is 11.8 Å². The Kier molecular flexibility index (Phi) is 7.01. The zero-order valence-corrected chi connectivity index (χ0v) is 20.7. The second kappa shape index (κ2) is 10.7. The number of nitrogens with zero attached hydrogens (tertiary/aromatic N) is 4. The smallest absolute Gasteiger partial charge is 0.236 e. The Labute approximate surface area is 212 Å². The number of benzene rings is 3. The second-order valence-corrected chi connectivity index (χ2v) is 9.18. The number of aromatic nitrogens is 1. The lowest BCUT2D eigenvalue weighted by atomic mass is 9.96. The molecule has 0 saturated carbocycles. The molecular formula is C30H30N4O2. The van der Waals surface area contributed by atoms with E-state index in [1.54, 1.807) is 0 Å². The number of hydrogen-bond donors (Lipinski definition) is 0. The van der Waals surface area contributed by atoms with Gasteiger partial charge in [0, 0.05) is 26.2 Å². The summed E-state index contributed by atoms with van der Waals surface area (Å²) in [6.07, 6.45) is 0. The van der Waals surface area contributed by atoms with Crippen molar-refractivity contribution in [2.45, 2.75) is 26.5 Å². The molecule has 0 atom stereocenters. The van der Waals surface area contributed by atoms with Crippen LogP contribution in [-0.2, 0) is 6.61 Å². The van der Waals surface area contributed by atoms with E-state index in [4.69, 9.17) is 9.15 Å². The fourth-order valence-corrected chi connectivity index (χ4v) is 4.87. The van der Waals surface area contributed by atoms with Crippen molar-refractivity contribution in [3.05, 3.63) is 113 Å². The SMILES string of the molecule is Cc1ccc(OCc2nc(C#N)c(N3CCN(C(c4ccccc4)c4ccccc4)CC3)o2)c(C)c1. The maximum atomic E-state index is 9.71. The Morgan fingerprint density at radius 2 is 1.56 bits per heavy atom. The van der Waals surface area contributed by atoms with Crippen LogP contribution in [-0.4, -0.2) is 36.1 Å². The minimum absolute atomic E-state index is 0.182. The lowest BCUT2D eigenvalue weighted by molar-refractivity contribution is 0.208. The molecule has 5 rings (SSSR count). The number of nitriles is 1. The van der Waals surface area contributed by atoms with Crippen molar-refractivity contribution < 1.29 is 9.15 Å². The van der Waals surface area contributed by atoms with Gasteiger partial charge in [-0.05, 0) is 36.6 Å². The van der Waals surface area contributed by atoms with E-state index < -0.39 is 0 Å². The number of oxazole rings is 1. The summed E-state index contributed by atoms with van der Waals surface area (Å²) in [5.41, 5.74) is 5.11. The summed E-state index contributed by atoms with van der Waals surface area (Å²) in [6, 6.07) is 29.7. The molecule has 182 valence electrons. The lowest BCUT2D eigenvalue weighted by Crippen LogP contribution is -2.48. The molecular weight excluding hydrogens is 448 g/mol. The zero-order chi connectivity index (χ0) is 24.9. The minimum Gasteiger partial charge on any atom is -0.484 e. The molecule has 0 N–H and O–H groups in total. The Balaban J connectivity index is 1.29. The van der Waals surface area contributed by atoms with E-state index in [1.165, 1.54) is 16.7 Å². The molecule has 1 aliphatic heterocycles. The normalized spacial score (nSPS) is 14.1. The molecule has 1 fully saturated rings. The van der Waals surface area contributed by atoms with Gasteiger partial charge in [-0.3, -0.25) is 4.90 Å². The predicted octanol–water partition coefficient (Wildman–Crippen LogP) is 5.65. The van der Waals surface area contributed by atoms with Crippen molar-refractivity contribution in [2.75, 3.05) is 31.1 Å². The summed E-state index contributed by atoms with van der Waals surface area (Å²) in [5, 5.41) is 9.71. The molecule has 6 heteroatoms. The Morgan fingerprint density at radius 3 is 2.14 bits per heavy atom. The first kappa shape index (κ1) is 23.7. The van der Waals surface area contributed by atoms with Gasteiger partial charge in [0.15, 0.2) is 6.61 Å². The van der Waals surface area contributed by atoms with Crippen LogP contribution in [0.1, 0.15) is 39.9 Å². The van der Waals surface area contributed by atoms with Gasteiger partial charge in [-0.1, -0.05) is 78.4 Å². The van der Waals surface area contributed by atoms with E-state index in [-0.39, 0.29) is 12.6 Å².